The summed E-state index contributed by atoms with van der Waals surface area (Å²) in [6, 6.07) is 0. The van der Waals surface area contributed by atoms with Crippen LogP contribution in [0.2, 0.25) is 0 Å². The van der Waals surface area contributed by atoms with Crippen molar-refractivity contribution in [3.8, 4) is 0 Å². The van der Waals surface area contributed by atoms with Crippen LogP contribution >= 0.6 is 31.4 Å². The normalized spacial score (nSPS) is 32.9. The molecule has 0 saturated carbocycles. The standard InChI is InChI=1S/C4H5Cl2P/c5-3-1-2-7-4(3)6/h3H,1-2H2. The summed E-state index contributed by atoms with van der Waals surface area (Å²) < 4.78 is 0.918. The van der Waals surface area contributed by atoms with Gasteiger partial charge in [0.25, 0.3) is 0 Å². The molecule has 1 rings (SSSR count). The van der Waals surface area contributed by atoms with Crippen LogP contribution < -0.4 is 0 Å². The summed E-state index contributed by atoms with van der Waals surface area (Å²) in [4.78, 5) is 0. The fourth-order valence-electron chi connectivity index (χ4n) is 0.503. The summed E-state index contributed by atoms with van der Waals surface area (Å²) >= 11 is 11.3. The maximum atomic E-state index is 5.69. The molecule has 1 aliphatic rings. The third-order valence-electron chi connectivity index (χ3n) is 0.904. The zero-order valence-electron chi connectivity index (χ0n) is 3.69. The summed E-state index contributed by atoms with van der Waals surface area (Å²) in [5.41, 5.74) is 0. The topological polar surface area (TPSA) is 0 Å². The van der Waals surface area contributed by atoms with Crippen LogP contribution in [0.4, 0.5) is 0 Å². The molecular weight excluding hydrogens is 150 g/mol. The Morgan fingerprint density at radius 3 is 2.57 bits per heavy atom. The maximum Gasteiger partial charge on any atom is 0.0739 e. The molecule has 0 nitrogen and oxygen atoms in total. The number of alkyl halides is 1. The minimum atomic E-state index is 0.156. The molecule has 1 aliphatic heterocycles. The lowest BCUT2D eigenvalue weighted by atomic mass is 10.4. The van der Waals surface area contributed by atoms with E-state index >= 15 is 0 Å². The average Bonchev–Trinajstić information content (AvgIpc) is 1.91. The van der Waals surface area contributed by atoms with Gasteiger partial charge in [-0.05, 0) is 12.6 Å². The molecule has 0 spiro atoms. The lowest BCUT2D eigenvalue weighted by molar-refractivity contribution is 1.05. The minimum absolute atomic E-state index is 0.156. The van der Waals surface area contributed by atoms with E-state index in [-0.39, 0.29) is 5.38 Å². The molecular formula is C4H5Cl2P. The number of hydrogen-bond acceptors (Lipinski definition) is 0. The third kappa shape index (κ3) is 1.32. The first-order valence-corrected chi connectivity index (χ1v) is 4.04. The van der Waals surface area contributed by atoms with E-state index in [2.05, 4.69) is 0 Å². The molecule has 1 atom stereocenters. The number of hydrogen-bond donors (Lipinski definition) is 0. The molecule has 0 aromatic carbocycles. The van der Waals surface area contributed by atoms with Crippen LogP contribution in [0.15, 0.2) is 0 Å². The van der Waals surface area contributed by atoms with Gasteiger partial charge in [0.1, 0.15) is 0 Å². The SMILES string of the molecule is ClC1=PCCC1Cl. The summed E-state index contributed by atoms with van der Waals surface area (Å²) in [5, 5.41) is 0.156. The quantitative estimate of drug-likeness (QED) is 0.372. The lowest BCUT2D eigenvalue weighted by Gasteiger charge is -1.92. The summed E-state index contributed by atoms with van der Waals surface area (Å²) in [6.07, 6.45) is 2.20. The van der Waals surface area contributed by atoms with E-state index in [4.69, 9.17) is 23.2 Å². The molecule has 40 valence electrons. The Morgan fingerprint density at radius 1 is 1.71 bits per heavy atom. The molecule has 0 fully saturated rings. The van der Waals surface area contributed by atoms with E-state index in [1.165, 1.54) is 8.20 Å². The van der Waals surface area contributed by atoms with Gasteiger partial charge in [-0.1, -0.05) is 19.8 Å². The van der Waals surface area contributed by atoms with Gasteiger partial charge in [0, 0.05) is 0 Å². The van der Waals surface area contributed by atoms with Crippen molar-refractivity contribution >= 4 is 36.2 Å². The van der Waals surface area contributed by atoms with Crippen LogP contribution in [0.3, 0.4) is 0 Å². The van der Waals surface area contributed by atoms with Gasteiger partial charge >= 0.3 is 0 Å². The van der Waals surface area contributed by atoms with Crippen LogP contribution in [-0.2, 0) is 0 Å². The van der Waals surface area contributed by atoms with E-state index in [9.17, 15) is 0 Å². The molecule has 0 N–H and O–H groups in total. The zero-order chi connectivity index (χ0) is 5.28. The summed E-state index contributed by atoms with van der Waals surface area (Å²) in [5.74, 6) is 0. The number of halogens is 2. The lowest BCUT2D eigenvalue weighted by Crippen LogP contribution is -1.98. The third-order valence-corrected chi connectivity index (χ3v) is 3.32. The Kier molecular flexibility index (Phi) is 1.97. The first-order chi connectivity index (χ1) is 3.30. The summed E-state index contributed by atoms with van der Waals surface area (Å²) in [6.45, 7) is 0. The Hall–Kier alpha value is 0.750. The second-order valence-electron chi connectivity index (χ2n) is 1.46. The highest BCUT2D eigenvalue weighted by Crippen LogP contribution is 2.24. The molecule has 1 unspecified atom stereocenters. The molecule has 3 heteroatoms. The molecule has 0 aromatic heterocycles. The molecule has 0 aromatic rings. The van der Waals surface area contributed by atoms with Crippen molar-refractivity contribution in [1.29, 1.82) is 0 Å². The van der Waals surface area contributed by atoms with Crippen molar-refractivity contribution in [2.45, 2.75) is 11.8 Å². The van der Waals surface area contributed by atoms with Crippen molar-refractivity contribution in [1.82, 2.24) is 0 Å². The summed E-state index contributed by atoms with van der Waals surface area (Å²) in [7, 11) is 1.23. The van der Waals surface area contributed by atoms with Gasteiger partial charge in [-0.15, -0.1) is 11.6 Å². The van der Waals surface area contributed by atoms with Crippen molar-refractivity contribution in [2.24, 2.45) is 0 Å². The fraction of sp³-hybridized carbons (Fsp3) is 0.750. The van der Waals surface area contributed by atoms with Crippen LogP contribution in [0.1, 0.15) is 6.42 Å². The predicted octanol–water partition coefficient (Wildman–Crippen LogP) is 2.31. The predicted molar refractivity (Wildman–Crippen MR) is 36.9 cm³/mol. The smallest absolute Gasteiger partial charge is 0.0739 e. The second-order valence-corrected chi connectivity index (χ2v) is 3.90. The Balaban J connectivity index is 2.54. The van der Waals surface area contributed by atoms with Crippen LogP contribution in [0.5, 0.6) is 0 Å². The molecule has 1 heterocycles. The van der Waals surface area contributed by atoms with Crippen LogP contribution in [-0.4, -0.2) is 16.3 Å². The van der Waals surface area contributed by atoms with E-state index < -0.39 is 0 Å². The van der Waals surface area contributed by atoms with Gasteiger partial charge in [-0.2, -0.15) is 0 Å². The first-order valence-electron chi connectivity index (χ1n) is 2.14. The van der Waals surface area contributed by atoms with Gasteiger partial charge in [-0.3, -0.25) is 0 Å². The van der Waals surface area contributed by atoms with Crippen LogP contribution in [0, 0.1) is 0 Å². The molecule has 0 saturated heterocycles. The van der Waals surface area contributed by atoms with E-state index in [0.29, 0.717) is 0 Å². The molecule has 0 bridgehead atoms. The Morgan fingerprint density at radius 2 is 2.43 bits per heavy atom. The Bertz CT molecular complexity index is 99.9. The zero-order valence-corrected chi connectivity index (χ0v) is 6.10. The second kappa shape index (κ2) is 2.35. The average molecular weight is 155 g/mol. The van der Waals surface area contributed by atoms with Crippen molar-refractivity contribution in [3.05, 3.63) is 0 Å². The number of rotatable bonds is 0. The monoisotopic (exact) mass is 154 g/mol. The molecule has 0 amide bonds. The van der Waals surface area contributed by atoms with Gasteiger partial charge in [0.05, 0.1) is 10.1 Å². The highest BCUT2D eigenvalue weighted by molar-refractivity contribution is 7.47. The van der Waals surface area contributed by atoms with Gasteiger partial charge in [-0.25, -0.2) is 0 Å². The van der Waals surface area contributed by atoms with Crippen molar-refractivity contribution in [3.63, 3.8) is 0 Å². The maximum absolute atomic E-state index is 5.69. The highest BCUT2D eigenvalue weighted by Gasteiger charge is 2.13. The van der Waals surface area contributed by atoms with Crippen molar-refractivity contribution in [2.75, 3.05) is 6.16 Å². The highest BCUT2D eigenvalue weighted by atomic mass is 35.5. The van der Waals surface area contributed by atoms with Crippen molar-refractivity contribution < 1.29 is 0 Å². The molecule has 7 heavy (non-hydrogen) atoms. The van der Waals surface area contributed by atoms with Gasteiger partial charge < -0.3 is 0 Å². The van der Waals surface area contributed by atoms with E-state index in [1.807, 2.05) is 0 Å². The van der Waals surface area contributed by atoms with E-state index in [1.54, 1.807) is 0 Å². The molecule has 0 aliphatic carbocycles. The minimum Gasteiger partial charge on any atom is -0.116 e. The van der Waals surface area contributed by atoms with E-state index in [0.717, 1.165) is 17.3 Å². The Labute approximate surface area is 54.6 Å². The largest absolute Gasteiger partial charge is 0.116 e. The van der Waals surface area contributed by atoms with Gasteiger partial charge in [0.2, 0.25) is 0 Å². The van der Waals surface area contributed by atoms with Gasteiger partial charge in [0.15, 0.2) is 0 Å². The van der Waals surface area contributed by atoms with Crippen LogP contribution in [0.25, 0.3) is 0 Å². The fourth-order valence-corrected chi connectivity index (χ4v) is 2.26. The molecule has 0 radical (unpaired) electrons. The first kappa shape index (κ1) is 5.88.